The predicted molar refractivity (Wildman–Crippen MR) is 156 cm³/mol. The minimum Gasteiger partial charge on any atom is -0.434 e. The number of oxazole rings is 1. The van der Waals surface area contributed by atoms with E-state index in [0.717, 1.165) is 18.4 Å². The predicted octanol–water partition coefficient (Wildman–Crippen LogP) is 3.06. The molecule has 3 aromatic rings. The fraction of sp³-hybridized carbons (Fsp3) is 0.484. The zero-order valence-electron chi connectivity index (χ0n) is 23.7. The van der Waals surface area contributed by atoms with E-state index in [9.17, 15) is 22.8 Å². The van der Waals surface area contributed by atoms with E-state index in [1.807, 2.05) is 37.3 Å². The van der Waals surface area contributed by atoms with E-state index in [4.69, 9.17) is 9.15 Å². The number of rotatable bonds is 13. The topological polar surface area (TPSA) is 136 Å². The molecule has 2 amide bonds. The molecular weight excluding hydrogens is 558 g/mol. The van der Waals surface area contributed by atoms with Crippen molar-refractivity contribution in [2.24, 2.45) is 17.8 Å². The molecule has 0 bridgehead atoms. The number of Topliss-reactive ketones (excluding diaryl/α,β-unsaturated/α-hetero) is 1. The molecule has 1 saturated heterocycles. The van der Waals surface area contributed by atoms with E-state index in [0.29, 0.717) is 43.8 Å². The van der Waals surface area contributed by atoms with E-state index in [1.165, 1.54) is 0 Å². The maximum atomic E-state index is 13.8. The normalized spacial score (nSPS) is 17.9. The van der Waals surface area contributed by atoms with Crippen molar-refractivity contribution in [1.29, 1.82) is 0 Å². The first-order chi connectivity index (χ1) is 20.2. The van der Waals surface area contributed by atoms with Crippen LogP contribution in [-0.4, -0.2) is 79.8 Å². The van der Waals surface area contributed by atoms with E-state index >= 15 is 0 Å². The molecule has 1 aromatic heterocycles. The van der Waals surface area contributed by atoms with Gasteiger partial charge >= 0.3 is 0 Å². The van der Waals surface area contributed by atoms with Crippen molar-refractivity contribution in [3.05, 3.63) is 66.1 Å². The second kappa shape index (κ2) is 13.2. The Morgan fingerprint density at radius 2 is 1.71 bits per heavy atom. The molecule has 2 aromatic carbocycles. The number of nitrogens with zero attached hydrogens (tertiary/aromatic N) is 2. The molecule has 0 radical (unpaired) electrons. The Balaban J connectivity index is 1.40. The van der Waals surface area contributed by atoms with Crippen molar-refractivity contribution < 1.29 is 32.0 Å². The minimum absolute atomic E-state index is 0.00179. The van der Waals surface area contributed by atoms with Gasteiger partial charge in [-0.05, 0) is 48.8 Å². The number of morpholine rings is 1. The van der Waals surface area contributed by atoms with Gasteiger partial charge in [0.25, 0.3) is 5.89 Å². The lowest BCUT2D eigenvalue weighted by Gasteiger charge is -2.29. The number of aromatic nitrogens is 1. The lowest BCUT2D eigenvalue weighted by Crippen LogP contribution is -2.50. The van der Waals surface area contributed by atoms with E-state index < -0.39 is 45.2 Å². The fourth-order valence-electron chi connectivity index (χ4n) is 5.35. The standard InChI is InChI=1S/C31H37N3O7S/c1-21(17-22-7-3-2-4-8-22)28(29(36)31-32-25-9-5-6-10-26(25)41-31)33-30(37)24(20-42(38,39)19-23-11-12-23)18-27(35)34-13-15-40-16-14-34/h2-10,21,23-24,28H,11-20H2,1H3,(H,33,37)/t21?,24?,28-/m0/s1. The molecule has 2 fully saturated rings. The van der Waals surface area contributed by atoms with Crippen LogP contribution < -0.4 is 5.32 Å². The summed E-state index contributed by atoms with van der Waals surface area (Å²) in [6, 6.07) is 15.5. The van der Waals surface area contributed by atoms with Gasteiger partial charge in [0.2, 0.25) is 17.6 Å². The van der Waals surface area contributed by atoms with Gasteiger partial charge in [-0.3, -0.25) is 14.4 Å². The number of fused-ring (bicyclic) bond motifs is 1. The molecule has 0 spiro atoms. The zero-order valence-corrected chi connectivity index (χ0v) is 24.6. The van der Waals surface area contributed by atoms with Gasteiger partial charge in [-0.25, -0.2) is 13.4 Å². The molecule has 10 nitrogen and oxygen atoms in total. The summed E-state index contributed by atoms with van der Waals surface area (Å²) in [5, 5.41) is 2.83. The Kier molecular flexibility index (Phi) is 9.37. The monoisotopic (exact) mass is 595 g/mol. The third kappa shape index (κ3) is 7.83. The van der Waals surface area contributed by atoms with Gasteiger partial charge in [-0.2, -0.15) is 0 Å². The van der Waals surface area contributed by atoms with Crippen molar-refractivity contribution in [2.75, 3.05) is 37.8 Å². The molecular formula is C31H37N3O7S. The highest BCUT2D eigenvalue weighted by Gasteiger charge is 2.37. The Morgan fingerprint density at radius 3 is 2.40 bits per heavy atom. The molecule has 2 heterocycles. The second-order valence-electron chi connectivity index (χ2n) is 11.4. The maximum Gasteiger partial charge on any atom is 0.266 e. The largest absolute Gasteiger partial charge is 0.434 e. The number of carbonyl (C=O) groups is 3. The summed E-state index contributed by atoms with van der Waals surface area (Å²) in [5.41, 5.74) is 1.93. The summed E-state index contributed by atoms with van der Waals surface area (Å²) >= 11 is 0. The van der Waals surface area contributed by atoms with Gasteiger partial charge in [0, 0.05) is 19.5 Å². The van der Waals surface area contributed by atoms with Gasteiger partial charge in [-0.15, -0.1) is 0 Å². The number of carbonyl (C=O) groups excluding carboxylic acids is 3. The molecule has 42 heavy (non-hydrogen) atoms. The molecule has 1 N–H and O–H groups in total. The number of ketones is 1. The van der Waals surface area contributed by atoms with Gasteiger partial charge in [0.05, 0.1) is 30.6 Å². The van der Waals surface area contributed by atoms with Crippen LogP contribution in [0, 0.1) is 17.8 Å². The maximum absolute atomic E-state index is 13.8. The van der Waals surface area contributed by atoms with Crippen molar-refractivity contribution in [2.45, 2.75) is 38.6 Å². The Labute approximate surface area is 245 Å². The number of hydrogen-bond acceptors (Lipinski definition) is 8. The molecule has 1 saturated carbocycles. The minimum atomic E-state index is -3.61. The average Bonchev–Trinajstić information content (AvgIpc) is 3.68. The van der Waals surface area contributed by atoms with Crippen LogP contribution >= 0.6 is 0 Å². The molecule has 1 aliphatic carbocycles. The highest BCUT2D eigenvalue weighted by Crippen LogP contribution is 2.31. The Morgan fingerprint density at radius 1 is 1.02 bits per heavy atom. The van der Waals surface area contributed by atoms with Gasteiger partial charge in [0.15, 0.2) is 15.4 Å². The van der Waals surface area contributed by atoms with Crippen molar-refractivity contribution in [3.8, 4) is 0 Å². The number of hydrogen-bond donors (Lipinski definition) is 1. The van der Waals surface area contributed by atoms with Crippen molar-refractivity contribution >= 4 is 38.5 Å². The number of nitrogens with one attached hydrogen (secondary N) is 1. The van der Waals surface area contributed by atoms with Crippen LogP contribution in [0.3, 0.4) is 0 Å². The first kappa shape index (κ1) is 29.9. The zero-order chi connectivity index (χ0) is 29.7. The molecule has 1 aliphatic heterocycles. The van der Waals surface area contributed by atoms with Crippen molar-refractivity contribution in [1.82, 2.24) is 15.2 Å². The summed E-state index contributed by atoms with van der Waals surface area (Å²) in [6.07, 6.45) is 1.89. The van der Waals surface area contributed by atoms with Crippen LogP contribution in [-0.2, 0) is 30.6 Å². The number of ether oxygens (including phenoxy) is 1. The molecule has 5 rings (SSSR count). The van der Waals surface area contributed by atoms with Crippen molar-refractivity contribution in [3.63, 3.8) is 0 Å². The van der Waals surface area contributed by atoms with Gasteiger partial charge in [-0.1, -0.05) is 49.4 Å². The third-order valence-electron chi connectivity index (χ3n) is 7.85. The molecule has 224 valence electrons. The Bertz CT molecular complexity index is 1480. The number of amides is 2. The first-order valence-electron chi connectivity index (χ1n) is 14.5. The highest BCUT2D eigenvalue weighted by molar-refractivity contribution is 7.91. The number of benzene rings is 2. The summed E-state index contributed by atoms with van der Waals surface area (Å²) in [6.45, 7) is 3.39. The fourth-order valence-corrected chi connectivity index (χ4v) is 7.42. The highest BCUT2D eigenvalue weighted by atomic mass is 32.2. The summed E-state index contributed by atoms with van der Waals surface area (Å²) in [4.78, 5) is 46.8. The lowest BCUT2D eigenvalue weighted by atomic mass is 9.90. The van der Waals surface area contributed by atoms with Crippen LogP contribution in [0.15, 0.2) is 59.0 Å². The first-order valence-corrected chi connectivity index (χ1v) is 16.3. The summed E-state index contributed by atoms with van der Waals surface area (Å²) in [7, 11) is -3.61. The average molecular weight is 596 g/mol. The third-order valence-corrected chi connectivity index (χ3v) is 9.74. The van der Waals surface area contributed by atoms with Crippen LogP contribution in [0.4, 0.5) is 0 Å². The van der Waals surface area contributed by atoms with Crippen LogP contribution in [0.2, 0.25) is 0 Å². The van der Waals surface area contributed by atoms with Crippen LogP contribution in [0.5, 0.6) is 0 Å². The van der Waals surface area contributed by atoms with Crippen LogP contribution in [0.25, 0.3) is 11.1 Å². The molecule has 2 unspecified atom stereocenters. The summed E-state index contributed by atoms with van der Waals surface area (Å²) in [5.74, 6) is -3.49. The molecule has 2 aliphatic rings. The van der Waals surface area contributed by atoms with E-state index in [1.54, 1.807) is 29.2 Å². The van der Waals surface area contributed by atoms with E-state index in [2.05, 4.69) is 10.3 Å². The second-order valence-corrected chi connectivity index (χ2v) is 13.6. The quantitative estimate of drug-likeness (QED) is 0.298. The summed E-state index contributed by atoms with van der Waals surface area (Å²) < 4.78 is 37.2. The van der Waals surface area contributed by atoms with Gasteiger partial charge < -0.3 is 19.4 Å². The number of para-hydroxylation sites is 2. The molecule has 11 heteroatoms. The Hall–Kier alpha value is -3.57. The lowest BCUT2D eigenvalue weighted by molar-refractivity contribution is -0.139. The van der Waals surface area contributed by atoms with Crippen LogP contribution in [0.1, 0.15) is 42.4 Å². The van der Waals surface area contributed by atoms with E-state index in [-0.39, 0.29) is 29.9 Å². The SMILES string of the molecule is CC(Cc1ccccc1)[C@H](NC(=O)C(CC(=O)N1CCOCC1)CS(=O)(=O)CC1CC1)C(=O)c1nc2ccccc2o1. The number of sulfone groups is 1. The molecule has 3 atom stereocenters. The smallest absolute Gasteiger partial charge is 0.266 e. The van der Waals surface area contributed by atoms with Gasteiger partial charge in [0.1, 0.15) is 11.6 Å².